The van der Waals surface area contributed by atoms with Crippen LogP contribution in [-0.2, 0) is 9.53 Å². The van der Waals surface area contributed by atoms with Gasteiger partial charge in [-0.3, -0.25) is 14.9 Å². The maximum atomic E-state index is 13.0. The Morgan fingerprint density at radius 2 is 2.00 bits per heavy atom. The average Bonchev–Trinajstić information content (AvgIpc) is 3.26. The highest BCUT2D eigenvalue weighted by Crippen LogP contribution is 2.28. The highest BCUT2D eigenvalue weighted by molar-refractivity contribution is 6.32. The fourth-order valence-corrected chi connectivity index (χ4v) is 2.98. The van der Waals surface area contributed by atoms with Gasteiger partial charge in [-0.15, -0.1) is 0 Å². The van der Waals surface area contributed by atoms with Crippen LogP contribution in [0, 0.1) is 0 Å². The molecule has 1 atom stereocenters. The van der Waals surface area contributed by atoms with E-state index >= 15 is 0 Å². The highest BCUT2D eigenvalue weighted by atomic mass is 35.5. The molecular formula is C21H20ClN7O3. The molecule has 4 aromatic rings. The summed E-state index contributed by atoms with van der Waals surface area (Å²) in [6, 6.07) is 8.60. The molecule has 0 fully saturated rings. The summed E-state index contributed by atoms with van der Waals surface area (Å²) in [5.41, 5.74) is 0.795. The molecule has 0 spiro atoms. The van der Waals surface area contributed by atoms with Crippen LogP contribution in [-0.4, -0.2) is 54.9 Å². The minimum Gasteiger partial charge on any atom is -0.461 e. The lowest BCUT2D eigenvalue weighted by Gasteiger charge is -2.20. The third-order valence-corrected chi connectivity index (χ3v) is 4.59. The minimum atomic E-state index is -1.01. The van der Waals surface area contributed by atoms with Crippen LogP contribution in [0.15, 0.2) is 48.9 Å². The van der Waals surface area contributed by atoms with Gasteiger partial charge in [0.05, 0.1) is 23.9 Å². The van der Waals surface area contributed by atoms with Crippen LogP contribution in [0.5, 0.6) is 5.88 Å². The maximum absolute atomic E-state index is 13.0. The number of carbonyl (C=O) groups excluding carboxylic acids is 1. The Morgan fingerprint density at radius 1 is 1.16 bits per heavy atom. The van der Waals surface area contributed by atoms with E-state index in [1.54, 1.807) is 42.7 Å². The zero-order chi connectivity index (χ0) is 22.5. The van der Waals surface area contributed by atoms with Crippen LogP contribution in [0.3, 0.4) is 0 Å². The summed E-state index contributed by atoms with van der Waals surface area (Å²) in [5.74, 6) is 0.342. The molecule has 32 heavy (non-hydrogen) atoms. The number of fused-ring (bicyclic) bond motifs is 1. The smallest absolute Gasteiger partial charge is 0.269 e. The Balaban J connectivity index is 1.67. The molecule has 4 aromatic heterocycles. The van der Waals surface area contributed by atoms with Crippen molar-refractivity contribution in [3.8, 4) is 17.4 Å². The van der Waals surface area contributed by atoms with E-state index in [1.165, 1.54) is 6.20 Å². The summed E-state index contributed by atoms with van der Waals surface area (Å²) in [4.78, 5) is 30.2. The van der Waals surface area contributed by atoms with E-state index in [4.69, 9.17) is 21.1 Å². The van der Waals surface area contributed by atoms with Crippen LogP contribution in [0.1, 0.15) is 13.8 Å². The van der Waals surface area contributed by atoms with E-state index in [0.29, 0.717) is 27.6 Å². The van der Waals surface area contributed by atoms with Gasteiger partial charge in [0.25, 0.3) is 5.91 Å². The molecule has 0 aliphatic heterocycles. The summed E-state index contributed by atoms with van der Waals surface area (Å²) in [5, 5.41) is 10.4. The number of ether oxygens (including phenoxy) is 2. The SMILES string of the molecule is CC(C)OC[C@H](Oc1nc(-c2ncccc2Cl)nc2[nH]ncc12)C(=O)Nc1ccccn1. The molecule has 0 aliphatic carbocycles. The third kappa shape index (κ3) is 4.98. The van der Waals surface area contributed by atoms with Crippen molar-refractivity contribution in [3.63, 3.8) is 0 Å². The van der Waals surface area contributed by atoms with Crippen molar-refractivity contribution in [2.24, 2.45) is 0 Å². The molecular weight excluding hydrogens is 434 g/mol. The number of carbonyl (C=O) groups is 1. The molecule has 0 unspecified atom stereocenters. The molecule has 4 rings (SSSR count). The fraction of sp³-hybridized carbons (Fsp3) is 0.238. The maximum Gasteiger partial charge on any atom is 0.269 e. The van der Waals surface area contributed by atoms with Crippen LogP contribution in [0.25, 0.3) is 22.6 Å². The van der Waals surface area contributed by atoms with Gasteiger partial charge < -0.3 is 14.8 Å². The van der Waals surface area contributed by atoms with E-state index in [9.17, 15) is 4.79 Å². The molecule has 0 bridgehead atoms. The van der Waals surface area contributed by atoms with Crippen LogP contribution in [0.4, 0.5) is 5.82 Å². The van der Waals surface area contributed by atoms with Gasteiger partial charge in [-0.2, -0.15) is 10.1 Å². The molecule has 0 saturated heterocycles. The second-order valence-corrected chi connectivity index (χ2v) is 7.42. The van der Waals surface area contributed by atoms with Crippen molar-refractivity contribution in [2.75, 3.05) is 11.9 Å². The van der Waals surface area contributed by atoms with E-state index in [2.05, 4.69) is 35.5 Å². The first-order valence-corrected chi connectivity index (χ1v) is 10.2. The highest BCUT2D eigenvalue weighted by Gasteiger charge is 2.25. The van der Waals surface area contributed by atoms with Crippen LogP contribution in [0.2, 0.25) is 5.02 Å². The van der Waals surface area contributed by atoms with Gasteiger partial charge in [-0.1, -0.05) is 17.7 Å². The molecule has 4 heterocycles. The van der Waals surface area contributed by atoms with E-state index in [1.807, 2.05) is 13.8 Å². The molecule has 10 nitrogen and oxygen atoms in total. The first-order valence-electron chi connectivity index (χ1n) is 9.83. The lowest BCUT2D eigenvalue weighted by Crippen LogP contribution is -2.38. The number of amides is 1. The minimum absolute atomic E-state index is 0.000637. The average molecular weight is 454 g/mol. The Labute approximate surface area is 188 Å². The number of hydrogen-bond acceptors (Lipinski definition) is 8. The van der Waals surface area contributed by atoms with Gasteiger partial charge >= 0.3 is 0 Å². The molecule has 2 N–H and O–H groups in total. The quantitative estimate of drug-likeness (QED) is 0.416. The third-order valence-electron chi connectivity index (χ3n) is 4.29. The molecule has 0 aromatic carbocycles. The van der Waals surface area contributed by atoms with Crippen molar-refractivity contribution < 1.29 is 14.3 Å². The summed E-state index contributed by atoms with van der Waals surface area (Å²) in [6.07, 6.45) is 3.57. The Bertz CT molecular complexity index is 1220. The van der Waals surface area contributed by atoms with Crippen LogP contribution < -0.4 is 10.1 Å². The monoisotopic (exact) mass is 453 g/mol. The predicted molar refractivity (Wildman–Crippen MR) is 118 cm³/mol. The lowest BCUT2D eigenvalue weighted by atomic mass is 10.3. The van der Waals surface area contributed by atoms with E-state index in [0.717, 1.165) is 0 Å². The van der Waals surface area contributed by atoms with Crippen molar-refractivity contribution in [1.82, 2.24) is 30.1 Å². The molecule has 0 radical (unpaired) electrons. The van der Waals surface area contributed by atoms with E-state index in [-0.39, 0.29) is 24.4 Å². The number of hydrogen-bond donors (Lipinski definition) is 2. The molecule has 1 amide bonds. The first-order chi connectivity index (χ1) is 15.5. The second-order valence-electron chi connectivity index (χ2n) is 7.01. The van der Waals surface area contributed by atoms with Crippen molar-refractivity contribution >= 4 is 34.4 Å². The second kappa shape index (κ2) is 9.67. The number of H-pyrrole nitrogens is 1. The molecule has 0 aliphatic rings. The number of nitrogens with one attached hydrogen (secondary N) is 2. The van der Waals surface area contributed by atoms with Crippen molar-refractivity contribution in [1.29, 1.82) is 0 Å². The van der Waals surface area contributed by atoms with Crippen LogP contribution >= 0.6 is 11.6 Å². The molecule has 0 saturated carbocycles. The lowest BCUT2D eigenvalue weighted by molar-refractivity contribution is -0.126. The van der Waals surface area contributed by atoms with Gasteiger partial charge in [-0.05, 0) is 38.1 Å². The number of rotatable bonds is 8. The Morgan fingerprint density at radius 3 is 2.75 bits per heavy atom. The number of aromatic amines is 1. The standard InChI is InChI=1S/C21H20ClN7O3/c1-12(2)31-11-15(20(30)26-16-7-3-4-8-23-16)32-21-13-10-25-29-18(13)27-19(28-21)17-14(22)6-5-9-24-17/h3-10,12,15H,11H2,1-2H3,(H,23,26,30)(H,25,27,28,29)/t15-/m0/s1. The van der Waals surface area contributed by atoms with Gasteiger partial charge in [-0.25, -0.2) is 9.97 Å². The summed E-state index contributed by atoms with van der Waals surface area (Å²) in [7, 11) is 0. The summed E-state index contributed by atoms with van der Waals surface area (Å²) in [6.45, 7) is 3.74. The zero-order valence-electron chi connectivity index (χ0n) is 17.3. The first kappa shape index (κ1) is 21.6. The number of halogens is 1. The fourth-order valence-electron chi connectivity index (χ4n) is 2.78. The molecule has 164 valence electrons. The number of aromatic nitrogens is 6. The van der Waals surface area contributed by atoms with E-state index < -0.39 is 12.0 Å². The van der Waals surface area contributed by atoms with Gasteiger partial charge in [0.2, 0.25) is 12.0 Å². The predicted octanol–water partition coefficient (Wildman–Crippen LogP) is 3.27. The number of pyridine rings is 2. The number of nitrogens with zero attached hydrogens (tertiary/aromatic N) is 5. The normalized spacial score (nSPS) is 12.1. The van der Waals surface area contributed by atoms with Gasteiger partial charge in [0.1, 0.15) is 16.9 Å². The Kier molecular flexibility index (Phi) is 6.52. The number of anilines is 1. The summed E-state index contributed by atoms with van der Waals surface area (Å²) < 4.78 is 11.7. The topological polar surface area (TPSA) is 128 Å². The van der Waals surface area contributed by atoms with Crippen molar-refractivity contribution in [3.05, 3.63) is 53.9 Å². The zero-order valence-corrected chi connectivity index (χ0v) is 18.1. The Hall–Kier alpha value is -3.63. The van der Waals surface area contributed by atoms with Crippen molar-refractivity contribution in [2.45, 2.75) is 26.1 Å². The molecule has 11 heteroatoms. The summed E-state index contributed by atoms with van der Waals surface area (Å²) >= 11 is 6.27. The van der Waals surface area contributed by atoms with Gasteiger partial charge in [0, 0.05) is 12.4 Å². The van der Waals surface area contributed by atoms with Gasteiger partial charge in [0.15, 0.2) is 11.5 Å². The largest absolute Gasteiger partial charge is 0.461 e.